The summed E-state index contributed by atoms with van der Waals surface area (Å²) in [5.74, 6) is 0.623. The van der Waals surface area contributed by atoms with Crippen LogP contribution in [0.15, 0.2) is 114 Å². The lowest BCUT2D eigenvalue weighted by molar-refractivity contribution is 0.284. The summed E-state index contributed by atoms with van der Waals surface area (Å²) in [6.07, 6.45) is 5.23. The van der Waals surface area contributed by atoms with Crippen LogP contribution in [0.4, 0.5) is 0 Å². The van der Waals surface area contributed by atoms with Crippen LogP contribution >= 0.6 is 0 Å². The Labute approximate surface area is 248 Å². The topological polar surface area (TPSA) is 43.9 Å². The van der Waals surface area contributed by atoms with Crippen molar-refractivity contribution in [1.29, 1.82) is 0 Å². The van der Waals surface area contributed by atoms with Gasteiger partial charge in [-0.2, -0.15) is 5.10 Å². The molecular formula is C38H37N3O. The van der Waals surface area contributed by atoms with Crippen LogP contribution in [0.2, 0.25) is 0 Å². The van der Waals surface area contributed by atoms with Crippen LogP contribution in [0.25, 0.3) is 51.7 Å². The van der Waals surface area contributed by atoms with Gasteiger partial charge >= 0.3 is 0 Å². The van der Waals surface area contributed by atoms with Gasteiger partial charge in [0.15, 0.2) is 5.58 Å². The normalized spacial score (nSPS) is 12.4. The standard InChI is InChI=1S/C38H37N3O/c1-37(2,3)26-38(4,5)30-19-23-35-33(24-30)39-36(42-35)29-17-21-32(22-18-29)41-34(28-14-10-7-11-15-28)25-31(40-41)20-16-27-12-8-6-9-13-27/h6-25H,26H2,1-5H3. The summed E-state index contributed by atoms with van der Waals surface area (Å²) in [6.45, 7) is 11.5. The number of hydrogen-bond acceptors (Lipinski definition) is 3. The molecule has 0 fully saturated rings. The maximum atomic E-state index is 6.20. The van der Waals surface area contributed by atoms with E-state index in [2.05, 4.69) is 132 Å². The molecule has 6 rings (SSSR count). The van der Waals surface area contributed by atoms with Crippen LogP contribution in [0, 0.1) is 5.41 Å². The highest BCUT2D eigenvalue weighted by Crippen LogP contribution is 2.38. The highest BCUT2D eigenvalue weighted by molar-refractivity contribution is 5.78. The van der Waals surface area contributed by atoms with Gasteiger partial charge in [0, 0.05) is 11.1 Å². The molecule has 42 heavy (non-hydrogen) atoms. The molecule has 0 unspecified atom stereocenters. The van der Waals surface area contributed by atoms with Crippen molar-refractivity contribution < 1.29 is 4.42 Å². The summed E-state index contributed by atoms with van der Waals surface area (Å²) in [7, 11) is 0. The summed E-state index contributed by atoms with van der Waals surface area (Å²) in [6, 6.07) is 37.5. The van der Waals surface area contributed by atoms with Crippen molar-refractivity contribution >= 4 is 23.3 Å². The highest BCUT2D eigenvalue weighted by Gasteiger charge is 2.28. The molecular weight excluding hydrogens is 514 g/mol. The van der Waals surface area contributed by atoms with E-state index in [4.69, 9.17) is 14.5 Å². The third kappa shape index (κ3) is 5.99. The molecule has 0 N–H and O–H groups in total. The predicted molar refractivity (Wildman–Crippen MR) is 174 cm³/mol. The second-order valence-electron chi connectivity index (χ2n) is 12.8. The zero-order chi connectivity index (χ0) is 29.3. The Morgan fingerprint density at radius 1 is 0.714 bits per heavy atom. The average molecular weight is 552 g/mol. The third-order valence-electron chi connectivity index (χ3n) is 7.54. The van der Waals surface area contributed by atoms with Crippen LogP contribution < -0.4 is 0 Å². The van der Waals surface area contributed by atoms with E-state index in [0.29, 0.717) is 5.89 Å². The van der Waals surface area contributed by atoms with Crippen molar-refractivity contribution in [2.75, 3.05) is 0 Å². The molecule has 4 nitrogen and oxygen atoms in total. The Morgan fingerprint density at radius 3 is 2.10 bits per heavy atom. The molecule has 2 aromatic heterocycles. The zero-order valence-electron chi connectivity index (χ0n) is 25.0. The fourth-order valence-corrected chi connectivity index (χ4v) is 5.88. The third-order valence-corrected chi connectivity index (χ3v) is 7.54. The van der Waals surface area contributed by atoms with Crippen molar-refractivity contribution in [2.45, 2.75) is 46.5 Å². The second kappa shape index (κ2) is 10.9. The van der Waals surface area contributed by atoms with Crippen molar-refractivity contribution in [1.82, 2.24) is 14.8 Å². The van der Waals surface area contributed by atoms with Crippen LogP contribution in [-0.2, 0) is 5.41 Å². The summed E-state index contributed by atoms with van der Waals surface area (Å²) in [5, 5.41) is 4.96. The number of rotatable bonds is 7. The van der Waals surface area contributed by atoms with Crippen LogP contribution in [0.1, 0.15) is 57.9 Å². The van der Waals surface area contributed by atoms with Crippen LogP contribution in [-0.4, -0.2) is 14.8 Å². The number of fused-ring (bicyclic) bond motifs is 1. The highest BCUT2D eigenvalue weighted by atomic mass is 16.3. The van der Waals surface area contributed by atoms with Crippen molar-refractivity contribution in [3.05, 3.63) is 126 Å². The molecule has 0 spiro atoms. The summed E-state index contributed by atoms with van der Waals surface area (Å²) in [5.41, 5.74) is 9.34. The Kier molecular flexibility index (Phi) is 7.16. The summed E-state index contributed by atoms with van der Waals surface area (Å²) >= 11 is 0. The van der Waals surface area contributed by atoms with Crippen LogP contribution in [0.3, 0.4) is 0 Å². The molecule has 2 heterocycles. The minimum Gasteiger partial charge on any atom is -0.436 e. The molecule has 0 aliphatic heterocycles. The van der Waals surface area contributed by atoms with E-state index >= 15 is 0 Å². The molecule has 0 saturated heterocycles. The Hall–Kier alpha value is -4.70. The molecule has 0 atom stereocenters. The van der Waals surface area contributed by atoms with E-state index in [1.807, 2.05) is 28.9 Å². The lowest BCUT2D eigenvalue weighted by Gasteiger charge is -2.32. The molecule has 0 radical (unpaired) electrons. The Morgan fingerprint density at radius 2 is 1.40 bits per heavy atom. The van der Waals surface area contributed by atoms with Gasteiger partial charge in [0.25, 0.3) is 0 Å². The minimum absolute atomic E-state index is 0.0442. The zero-order valence-corrected chi connectivity index (χ0v) is 25.0. The largest absolute Gasteiger partial charge is 0.436 e. The Balaban J connectivity index is 1.31. The minimum atomic E-state index is 0.0442. The van der Waals surface area contributed by atoms with E-state index in [1.54, 1.807) is 0 Å². The van der Waals surface area contributed by atoms with Crippen molar-refractivity contribution in [3.63, 3.8) is 0 Å². The average Bonchev–Trinajstić information content (AvgIpc) is 3.60. The molecule has 0 aliphatic carbocycles. The molecule has 0 amide bonds. The molecule has 4 heteroatoms. The Bertz CT molecular complexity index is 1830. The van der Waals surface area contributed by atoms with Gasteiger partial charge < -0.3 is 4.42 Å². The van der Waals surface area contributed by atoms with Gasteiger partial charge in [-0.1, -0.05) is 107 Å². The van der Waals surface area contributed by atoms with E-state index < -0.39 is 0 Å². The second-order valence-corrected chi connectivity index (χ2v) is 12.8. The lowest BCUT2D eigenvalue weighted by atomic mass is 9.72. The first kappa shape index (κ1) is 27.5. The summed E-state index contributed by atoms with van der Waals surface area (Å²) < 4.78 is 8.20. The fraction of sp³-hybridized carbons (Fsp3) is 0.211. The van der Waals surface area contributed by atoms with Gasteiger partial charge in [-0.25, -0.2) is 9.67 Å². The van der Waals surface area contributed by atoms with E-state index in [0.717, 1.165) is 51.3 Å². The monoisotopic (exact) mass is 551 g/mol. The predicted octanol–water partition coefficient (Wildman–Crippen LogP) is 10.2. The number of benzene rings is 4. The molecule has 0 saturated carbocycles. The first-order chi connectivity index (χ1) is 20.1. The van der Waals surface area contributed by atoms with Gasteiger partial charge in [-0.3, -0.25) is 0 Å². The van der Waals surface area contributed by atoms with Crippen molar-refractivity contribution in [3.8, 4) is 28.4 Å². The first-order valence-electron chi connectivity index (χ1n) is 14.6. The maximum absolute atomic E-state index is 6.20. The molecule has 0 aliphatic rings. The number of nitrogens with zero attached hydrogens (tertiary/aromatic N) is 3. The van der Waals surface area contributed by atoms with Gasteiger partial charge in [0.2, 0.25) is 5.89 Å². The van der Waals surface area contributed by atoms with E-state index in [1.165, 1.54) is 5.56 Å². The van der Waals surface area contributed by atoms with Gasteiger partial charge in [0.05, 0.1) is 17.1 Å². The van der Waals surface area contributed by atoms with E-state index in [-0.39, 0.29) is 10.8 Å². The molecule has 0 bridgehead atoms. The van der Waals surface area contributed by atoms with Gasteiger partial charge in [0.1, 0.15) is 5.52 Å². The molecule has 210 valence electrons. The fourth-order valence-electron chi connectivity index (χ4n) is 5.88. The quantitative estimate of drug-likeness (QED) is 0.198. The number of aromatic nitrogens is 3. The number of hydrogen-bond donors (Lipinski definition) is 0. The number of oxazole rings is 1. The smallest absolute Gasteiger partial charge is 0.227 e. The SMILES string of the molecule is CC(C)(C)CC(C)(C)c1ccc2oc(-c3ccc(-n4nc(C=Cc5ccccc5)cc4-c4ccccc4)cc3)nc2c1. The maximum Gasteiger partial charge on any atom is 0.227 e. The van der Waals surface area contributed by atoms with Crippen LogP contribution in [0.5, 0.6) is 0 Å². The first-order valence-corrected chi connectivity index (χ1v) is 14.6. The van der Waals surface area contributed by atoms with E-state index in [9.17, 15) is 0 Å². The van der Waals surface area contributed by atoms with Gasteiger partial charge in [-0.15, -0.1) is 0 Å². The van der Waals surface area contributed by atoms with Gasteiger partial charge in [-0.05, 0) is 76.9 Å². The summed E-state index contributed by atoms with van der Waals surface area (Å²) in [4.78, 5) is 4.88. The molecule has 6 aromatic rings. The van der Waals surface area contributed by atoms with Crippen molar-refractivity contribution in [2.24, 2.45) is 5.41 Å². The lowest BCUT2D eigenvalue weighted by Crippen LogP contribution is -2.24. The molecule has 4 aromatic carbocycles.